The highest BCUT2D eigenvalue weighted by atomic mass is 16.5. The number of ether oxygens (including phenoxy) is 1. The summed E-state index contributed by atoms with van der Waals surface area (Å²) in [5.74, 6) is 1.79. The van der Waals surface area contributed by atoms with Crippen LogP contribution in [0, 0.1) is 19.3 Å². The van der Waals surface area contributed by atoms with Gasteiger partial charge < -0.3 is 19.9 Å². The lowest BCUT2D eigenvalue weighted by Gasteiger charge is -2.55. The molecule has 2 unspecified atom stereocenters. The molecule has 0 aromatic carbocycles. The second kappa shape index (κ2) is 9.40. The Labute approximate surface area is 158 Å². The van der Waals surface area contributed by atoms with Gasteiger partial charge in [-0.15, -0.1) is 0 Å². The third-order valence-electron chi connectivity index (χ3n) is 5.94. The number of rotatable bonds is 9. The van der Waals surface area contributed by atoms with Crippen molar-refractivity contribution in [3.63, 3.8) is 0 Å². The van der Waals surface area contributed by atoms with Crippen LogP contribution in [0.1, 0.15) is 64.0 Å². The van der Waals surface area contributed by atoms with E-state index in [1.165, 1.54) is 5.56 Å². The lowest BCUT2D eigenvalue weighted by molar-refractivity contribution is -0.133. The number of aryl methyl sites for hydroxylation is 2. The van der Waals surface area contributed by atoms with Crippen molar-refractivity contribution in [3.05, 3.63) is 17.0 Å². The Kier molecular flexibility index (Phi) is 7.50. The van der Waals surface area contributed by atoms with E-state index in [9.17, 15) is 0 Å². The maximum Gasteiger partial charge on any atom is 0.191 e. The van der Waals surface area contributed by atoms with E-state index in [-0.39, 0.29) is 5.41 Å². The normalized spacial score (nSPS) is 22.2. The van der Waals surface area contributed by atoms with Gasteiger partial charge in [0.05, 0.1) is 11.8 Å². The van der Waals surface area contributed by atoms with E-state index in [2.05, 4.69) is 43.5 Å². The van der Waals surface area contributed by atoms with Crippen molar-refractivity contribution in [2.24, 2.45) is 10.4 Å². The van der Waals surface area contributed by atoms with Crippen LogP contribution in [0.5, 0.6) is 0 Å². The summed E-state index contributed by atoms with van der Waals surface area (Å²) in [5, 5.41) is 11.1. The van der Waals surface area contributed by atoms with Crippen LogP contribution in [0.25, 0.3) is 0 Å². The van der Waals surface area contributed by atoms with Gasteiger partial charge in [0.1, 0.15) is 5.76 Å². The van der Waals surface area contributed by atoms with Crippen LogP contribution in [0.15, 0.2) is 9.52 Å². The molecular weight excluding hydrogens is 328 g/mol. The molecule has 1 aromatic heterocycles. The first kappa shape index (κ1) is 20.7. The summed E-state index contributed by atoms with van der Waals surface area (Å²) < 4.78 is 11.2. The van der Waals surface area contributed by atoms with Gasteiger partial charge in [0.2, 0.25) is 0 Å². The predicted molar refractivity (Wildman–Crippen MR) is 106 cm³/mol. The number of nitrogens with one attached hydrogen (secondary N) is 2. The smallest absolute Gasteiger partial charge is 0.191 e. The van der Waals surface area contributed by atoms with E-state index < -0.39 is 0 Å². The molecule has 1 heterocycles. The van der Waals surface area contributed by atoms with Crippen molar-refractivity contribution in [3.8, 4) is 0 Å². The van der Waals surface area contributed by atoms with Crippen LogP contribution in [-0.2, 0) is 11.2 Å². The molecule has 1 aromatic rings. The highest BCUT2D eigenvalue weighted by Crippen LogP contribution is 2.48. The number of nitrogens with zero attached hydrogens (tertiary/aromatic N) is 2. The first-order chi connectivity index (χ1) is 12.5. The molecule has 0 spiro atoms. The lowest BCUT2D eigenvalue weighted by Crippen LogP contribution is -2.65. The zero-order chi connectivity index (χ0) is 19.2. The summed E-state index contributed by atoms with van der Waals surface area (Å²) in [6.45, 7) is 15.0. The van der Waals surface area contributed by atoms with Crippen LogP contribution in [0.4, 0.5) is 0 Å². The summed E-state index contributed by atoms with van der Waals surface area (Å²) in [6, 6.07) is 0.408. The van der Waals surface area contributed by atoms with E-state index in [1.807, 2.05) is 13.8 Å². The second-order valence-electron chi connectivity index (χ2n) is 7.13. The molecule has 6 heteroatoms. The molecule has 2 rings (SSSR count). The van der Waals surface area contributed by atoms with Gasteiger partial charge in [-0.1, -0.05) is 19.0 Å². The molecule has 0 radical (unpaired) electrons. The molecule has 1 aliphatic rings. The third kappa shape index (κ3) is 4.22. The summed E-state index contributed by atoms with van der Waals surface area (Å²) in [5.41, 5.74) is 2.33. The molecule has 2 atom stereocenters. The maximum absolute atomic E-state index is 5.99. The number of aromatic nitrogens is 1. The Morgan fingerprint density at radius 3 is 2.54 bits per heavy atom. The van der Waals surface area contributed by atoms with E-state index >= 15 is 0 Å². The molecule has 1 fully saturated rings. The largest absolute Gasteiger partial charge is 0.378 e. The Balaban J connectivity index is 2.01. The molecule has 0 saturated heterocycles. The maximum atomic E-state index is 5.99. The Hall–Kier alpha value is -1.56. The molecule has 2 N–H and O–H groups in total. The van der Waals surface area contributed by atoms with Crippen molar-refractivity contribution in [1.82, 2.24) is 15.8 Å². The topological polar surface area (TPSA) is 71.7 Å². The summed E-state index contributed by atoms with van der Waals surface area (Å²) >= 11 is 0. The summed E-state index contributed by atoms with van der Waals surface area (Å²) in [6.07, 6.45) is 4.47. The number of aliphatic imine (C=N–C) groups is 1. The van der Waals surface area contributed by atoms with Crippen LogP contribution >= 0.6 is 0 Å². The van der Waals surface area contributed by atoms with Crippen LogP contribution in [0.2, 0.25) is 0 Å². The standard InChI is InChI=1S/C20H36N4O2/c1-7-20(8-2)17(13-18(20)25-10-4)23-19(21-9-3)22-12-11-16-14(5)24-26-15(16)6/h17-18H,7-13H2,1-6H3,(H2,21,22,23). The minimum atomic E-state index is 0.202. The quantitative estimate of drug-likeness (QED) is 0.519. The van der Waals surface area contributed by atoms with Gasteiger partial charge in [0.15, 0.2) is 5.96 Å². The Morgan fingerprint density at radius 1 is 1.27 bits per heavy atom. The van der Waals surface area contributed by atoms with Crippen molar-refractivity contribution in [2.75, 3.05) is 19.7 Å². The molecule has 26 heavy (non-hydrogen) atoms. The van der Waals surface area contributed by atoms with E-state index in [4.69, 9.17) is 14.3 Å². The Bertz CT molecular complexity index is 573. The molecule has 0 aliphatic heterocycles. The van der Waals surface area contributed by atoms with Gasteiger partial charge >= 0.3 is 0 Å². The summed E-state index contributed by atoms with van der Waals surface area (Å²) in [4.78, 5) is 4.78. The number of guanidine groups is 1. The van der Waals surface area contributed by atoms with Gasteiger partial charge in [-0.3, -0.25) is 4.99 Å². The first-order valence-corrected chi connectivity index (χ1v) is 10.1. The van der Waals surface area contributed by atoms with Crippen molar-refractivity contribution in [2.45, 2.75) is 79.4 Å². The third-order valence-corrected chi connectivity index (χ3v) is 5.94. The van der Waals surface area contributed by atoms with Gasteiger partial charge in [0, 0.05) is 36.7 Å². The van der Waals surface area contributed by atoms with E-state index in [0.29, 0.717) is 18.7 Å². The van der Waals surface area contributed by atoms with E-state index in [1.54, 1.807) is 0 Å². The molecule has 1 aliphatic carbocycles. The van der Waals surface area contributed by atoms with Crippen LogP contribution in [-0.4, -0.2) is 43.0 Å². The molecule has 6 nitrogen and oxygen atoms in total. The lowest BCUT2D eigenvalue weighted by atomic mass is 9.58. The van der Waals surface area contributed by atoms with Crippen LogP contribution < -0.4 is 10.6 Å². The van der Waals surface area contributed by atoms with Gasteiger partial charge in [-0.2, -0.15) is 0 Å². The minimum absolute atomic E-state index is 0.202. The molecule has 148 valence electrons. The zero-order valence-electron chi connectivity index (χ0n) is 17.3. The van der Waals surface area contributed by atoms with Crippen LogP contribution in [0.3, 0.4) is 0 Å². The monoisotopic (exact) mass is 364 g/mol. The fourth-order valence-corrected chi connectivity index (χ4v) is 4.21. The minimum Gasteiger partial charge on any atom is -0.378 e. The predicted octanol–water partition coefficient (Wildman–Crippen LogP) is 3.37. The highest BCUT2D eigenvalue weighted by Gasteiger charge is 2.53. The average Bonchev–Trinajstić information content (AvgIpc) is 2.94. The highest BCUT2D eigenvalue weighted by molar-refractivity contribution is 5.80. The summed E-state index contributed by atoms with van der Waals surface area (Å²) in [7, 11) is 0. The van der Waals surface area contributed by atoms with Gasteiger partial charge in [0.25, 0.3) is 0 Å². The molecule has 0 bridgehead atoms. The zero-order valence-corrected chi connectivity index (χ0v) is 17.3. The van der Waals surface area contributed by atoms with Gasteiger partial charge in [-0.25, -0.2) is 0 Å². The fraction of sp³-hybridized carbons (Fsp3) is 0.800. The molecular formula is C20H36N4O2. The number of hydrogen-bond donors (Lipinski definition) is 2. The molecule has 1 saturated carbocycles. The average molecular weight is 365 g/mol. The van der Waals surface area contributed by atoms with Gasteiger partial charge in [-0.05, 0) is 53.4 Å². The van der Waals surface area contributed by atoms with Crippen molar-refractivity contribution in [1.29, 1.82) is 0 Å². The fourth-order valence-electron chi connectivity index (χ4n) is 4.21. The molecule has 0 amide bonds. The Morgan fingerprint density at radius 2 is 2.00 bits per heavy atom. The second-order valence-corrected chi connectivity index (χ2v) is 7.13. The SMILES string of the molecule is CCNC(=NCCc1c(C)noc1C)NC1CC(OCC)C1(CC)CC. The van der Waals surface area contributed by atoms with E-state index in [0.717, 1.165) is 56.2 Å². The van der Waals surface area contributed by atoms with Crippen molar-refractivity contribution >= 4 is 5.96 Å². The number of hydrogen-bond acceptors (Lipinski definition) is 4. The van der Waals surface area contributed by atoms with Crippen molar-refractivity contribution < 1.29 is 9.26 Å². The first-order valence-electron chi connectivity index (χ1n) is 10.1.